The van der Waals surface area contributed by atoms with E-state index in [0.29, 0.717) is 12.0 Å². The molecular weight excluding hydrogens is 250 g/mol. The highest BCUT2D eigenvalue weighted by Gasteiger charge is 2.27. The number of hydrogen-bond acceptors (Lipinski definition) is 4. The molecular formula is C8H12BrN3S. The number of thiazole rings is 1. The van der Waals surface area contributed by atoms with E-state index >= 15 is 0 Å². The second-order valence-corrected chi connectivity index (χ2v) is 5.15. The van der Waals surface area contributed by atoms with Crippen LogP contribution in [0.1, 0.15) is 6.92 Å². The first-order valence-corrected chi connectivity index (χ1v) is 5.95. The van der Waals surface area contributed by atoms with Crippen LogP contribution in [0.4, 0.5) is 5.13 Å². The standard InChI is InChI=1S/C8H12BrN3S/c1-5-2-12(3-6(5)10)8-11-7(9)4-13-8/h4-6H,2-3,10H2,1H3. The first kappa shape index (κ1) is 9.43. The molecule has 0 bridgehead atoms. The van der Waals surface area contributed by atoms with Crippen molar-refractivity contribution in [3.8, 4) is 0 Å². The van der Waals surface area contributed by atoms with Crippen molar-refractivity contribution in [3.05, 3.63) is 9.98 Å². The zero-order valence-corrected chi connectivity index (χ0v) is 9.81. The second-order valence-electron chi connectivity index (χ2n) is 3.50. The molecule has 1 aliphatic rings. The lowest BCUT2D eigenvalue weighted by atomic mass is 10.1. The molecule has 3 nitrogen and oxygen atoms in total. The van der Waals surface area contributed by atoms with Gasteiger partial charge in [-0.1, -0.05) is 6.92 Å². The smallest absolute Gasteiger partial charge is 0.186 e. The Morgan fingerprint density at radius 1 is 1.69 bits per heavy atom. The number of hydrogen-bond donors (Lipinski definition) is 1. The van der Waals surface area contributed by atoms with Crippen LogP contribution in [0, 0.1) is 5.92 Å². The molecule has 1 aliphatic heterocycles. The molecule has 2 N–H and O–H groups in total. The van der Waals surface area contributed by atoms with Crippen LogP contribution < -0.4 is 10.6 Å². The number of aromatic nitrogens is 1. The zero-order chi connectivity index (χ0) is 9.42. The lowest BCUT2D eigenvalue weighted by molar-refractivity contribution is 0.566. The third kappa shape index (κ3) is 1.87. The van der Waals surface area contributed by atoms with Gasteiger partial charge >= 0.3 is 0 Å². The molecule has 2 unspecified atom stereocenters. The topological polar surface area (TPSA) is 42.2 Å². The summed E-state index contributed by atoms with van der Waals surface area (Å²) in [6.07, 6.45) is 0. The number of nitrogens with two attached hydrogens (primary N) is 1. The van der Waals surface area contributed by atoms with Gasteiger partial charge in [-0.15, -0.1) is 11.3 Å². The van der Waals surface area contributed by atoms with Gasteiger partial charge in [-0.3, -0.25) is 0 Å². The van der Waals surface area contributed by atoms with Crippen LogP contribution in [0.25, 0.3) is 0 Å². The third-order valence-corrected chi connectivity index (χ3v) is 4.02. The molecule has 1 aromatic heterocycles. The van der Waals surface area contributed by atoms with Crippen molar-refractivity contribution in [1.82, 2.24) is 4.98 Å². The fourth-order valence-electron chi connectivity index (χ4n) is 1.54. The van der Waals surface area contributed by atoms with Gasteiger partial charge in [0, 0.05) is 24.5 Å². The Balaban J connectivity index is 2.11. The summed E-state index contributed by atoms with van der Waals surface area (Å²) in [5.41, 5.74) is 5.94. The van der Waals surface area contributed by atoms with E-state index in [1.54, 1.807) is 11.3 Å². The van der Waals surface area contributed by atoms with Crippen LogP contribution in [0.3, 0.4) is 0 Å². The summed E-state index contributed by atoms with van der Waals surface area (Å²) in [4.78, 5) is 6.62. The summed E-state index contributed by atoms with van der Waals surface area (Å²) in [7, 11) is 0. The Labute approximate surface area is 90.1 Å². The van der Waals surface area contributed by atoms with Crippen molar-refractivity contribution < 1.29 is 0 Å². The first-order valence-electron chi connectivity index (χ1n) is 4.28. The number of nitrogens with zero attached hydrogens (tertiary/aromatic N) is 2. The molecule has 2 rings (SSSR count). The Kier molecular flexibility index (Phi) is 2.58. The monoisotopic (exact) mass is 261 g/mol. The molecule has 13 heavy (non-hydrogen) atoms. The molecule has 0 amide bonds. The van der Waals surface area contributed by atoms with Crippen LogP contribution in [-0.2, 0) is 0 Å². The molecule has 0 saturated carbocycles. The van der Waals surface area contributed by atoms with Crippen LogP contribution in [0.15, 0.2) is 9.98 Å². The fraction of sp³-hybridized carbons (Fsp3) is 0.625. The average Bonchev–Trinajstić information content (AvgIpc) is 2.61. The van der Waals surface area contributed by atoms with E-state index in [2.05, 4.69) is 32.7 Å². The molecule has 0 aromatic carbocycles. The van der Waals surface area contributed by atoms with Gasteiger partial charge in [0.15, 0.2) is 5.13 Å². The minimum atomic E-state index is 0.294. The Bertz CT molecular complexity index is 291. The van der Waals surface area contributed by atoms with Crippen LogP contribution in [0.5, 0.6) is 0 Å². The predicted octanol–water partition coefficient (Wildman–Crippen LogP) is 1.69. The fourth-order valence-corrected chi connectivity index (χ4v) is 2.81. The summed E-state index contributed by atoms with van der Waals surface area (Å²) in [5, 5.41) is 3.08. The summed E-state index contributed by atoms with van der Waals surface area (Å²) >= 11 is 5.01. The summed E-state index contributed by atoms with van der Waals surface area (Å²) in [6, 6.07) is 0.294. The Morgan fingerprint density at radius 3 is 2.92 bits per heavy atom. The Morgan fingerprint density at radius 2 is 2.46 bits per heavy atom. The van der Waals surface area contributed by atoms with Gasteiger partial charge in [0.1, 0.15) is 4.60 Å². The van der Waals surface area contributed by atoms with Gasteiger partial charge in [0.05, 0.1) is 0 Å². The molecule has 1 fully saturated rings. The lowest BCUT2D eigenvalue weighted by Gasteiger charge is -2.12. The van der Waals surface area contributed by atoms with E-state index in [0.717, 1.165) is 22.8 Å². The zero-order valence-electron chi connectivity index (χ0n) is 7.40. The van der Waals surface area contributed by atoms with Crippen molar-refractivity contribution >= 4 is 32.4 Å². The quantitative estimate of drug-likeness (QED) is 0.837. The van der Waals surface area contributed by atoms with Crippen molar-refractivity contribution in [1.29, 1.82) is 0 Å². The molecule has 2 atom stereocenters. The molecule has 5 heteroatoms. The molecule has 1 aromatic rings. The normalized spacial score (nSPS) is 28.4. The maximum absolute atomic E-state index is 5.94. The van der Waals surface area contributed by atoms with Crippen LogP contribution in [-0.4, -0.2) is 24.1 Å². The summed E-state index contributed by atoms with van der Waals surface area (Å²) < 4.78 is 0.917. The van der Waals surface area contributed by atoms with Crippen molar-refractivity contribution in [2.45, 2.75) is 13.0 Å². The molecule has 0 radical (unpaired) electrons. The van der Waals surface area contributed by atoms with Crippen molar-refractivity contribution in [3.63, 3.8) is 0 Å². The average molecular weight is 262 g/mol. The van der Waals surface area contributed by atoms with E-state index in [-0.39, 0.29) is 0 Å². The largest absolute Gasteiger partial charge is 0.346 e. The highest BCUT2D eigenvalue weighted by atomic mass is 79.9. The SMILES string of the molecule is CC1CN(c2nc(Br)cs2)CC1N. The van der Waals surface area contributed by atoms with Gasteiger partial charge in [-0.2, -0.15) is 0 Å². The molecule has 2 heterocycles. The summed E-state index contributed by atoms with van der Waals surface area (Å²) in [6.45, 7) is 4.15. The highest BCUT2D eigenvalue weighted by Crippen LogP contribution is 2.27. The molecule has 72 valence electrons. The summed E-state index contributed by atoms with van der Waals surface area (Å²) in [5.74, 6) is 0.572. The second kappa shape index (κ2) is 3.55. The Hall–Kier alpha value is -0.130. The third-order valence-electron chi connectivity index (χ3n) is 2.41. The maximum atomic E-state index is 5.94. The van der Waals surface area contributed by atoms with E-state index in [4.69, 9.17) is 5.73 Å². The van der Waals surface area contributed by atoms with E-state index in [1.807, 2.05) is 5.38 Å². The first-order chi connectivity index (χ1) is 6.16. The van der Waals surface area contributed by atoms with Gasteiger partial charge in [-0.05, 0) is 21.8 Å². The highest BCUT2D eigenvalue weighted by molar-refractivity contribution is 9.10. The maximum Gasteiger partial charge on any atom is 0.186 e. The molecule has 0 spiro atoms. The van der Waals surface area contributed by atoms with Gasteiger partial charge in [0.2, 0.25) is 0 Å². The molecule has 0 aliphatic carbocycles. The molecule has 1 saturated heterocycles. The van der Waals surface area contributed by atoms with Crippen LogP contribution in [0.2, 0.25) is 0 Å². The number of rotatable bonds is 1. The van der Waals surface area contributed by atoms with Crippen molar-refractivity contribution in [2.24, 2.45) is 11.7 Å². The van der Waals surface area contributed by atoms with E-state index in [9.17, 15) is 0 Å². The number of anilines is 1. The van der Waals surface area contributed by atoms with Crippen LogP contribution >= 0.6 is 27.3 Å². The van der Waals surface area contributed by atoms with E-state index < -0.39 is 0 Å². The minimum absolute atomic E-state index is 0.294. The minimum Gasteiger partial charge on any atom is -0.346 e. The van der Waals surface area contributed by atoms with Gasteiger partial charge in [0.25, 0.3) is 0 Å². The van der Waals surface area contributed by atoms with E-state index in [1.165, 1.54) is 0 Å². The predicted molar refractivity (Wildman–Crippen MR) is 59.2 cm³/mol. The van der Waals surface area contributed by atoms with Gasteiger partial charge in [-0.25, -0.2) is 4.98 Å². The van der Waals surface area contributed by atoms with Gasteiger partial charge < -0.3 is 10.6 Å². The lowest BCUT2D eigenvalue weighted by Crippen LogP contribution is -2.28. The van der Waals surface area contributed by atoms with Crippen molar-refractivity contribution in [2.75, 3.05) is 18.0 Å². The number of halogens is 1.